The summed E-state index contributed by atoms with van der Waals surface area (Å²) in [7, 11) is 0. The van der Waals surface area contributed by atoms with Gasteiger partial charge in [-0.1, -0.05) is 6.92 Å². The number of amides is 1. The average Bonchev–Trinajstić information content (AvgIpc) is 2.79. The highest BCUT2D eigenvalue weighted by Gasteiger charge is 2.00. The topological polar surface area (TPSA) is 58.9 Å². The second-order valence-corrected chi connectivity index (χ2v) is 3.58. The van der Waals surface area contributed by atoms with E-state index in [0.717, 1.165) is 26.1 Å². The van der Waals surface area contributed by atoms with E-state index in [4.69, 9.17) is 0 Å². The summed E-state index contributed by atoms with van der Waals surface area (Å²) in [4.78, 5) is 11.4. The number of aromatic nitrogens is 2. The van der Waals surface area contributed by atoms with E-state index in [2.05, 4.69) is 22.7 Å². The molecule has 1 amide bonds. The minimum Gasteiger partial charge on any atom is -0.356 e. The largest absolute Gasteiger partial charge is 0.356 e. The number of nitrogens with one attached hydrogen (secondary N) is 2. The first-order chi connectivity index (χ1) is 7.83. The van der Waals surface area contributed by atoms with E-state index in [1.165, 1.54) is 0 Å². The third kappa shape index (κ3) is 5.50. The Morgan fingerprint density at radius 3 is 3.00 bits per heavy atom. The molecule has 0 atom stereocenters. The zero-order valence-electron chi connectivity index (χ0n) is 9.78. The van der Waals surface area contributed by atoms with E-state index in [-0.39, 0.29) is 5.91 Å². The molecule has 0 saturated heterocycles. The zero-order chi connectivity index (χ0) is 11.6. The number of carbonyl (C=O) groups excluding carboxylic acids is 1. The molecule has 1 aromatic heterocycles. The summed E-state index contributed by atoms with van der Waals surface area (Å²) in [5, 5.41) is 10.1. The van der Waals surface area contributed by atoms with Gasteiger partial charge in [0, 0.05) is 31.9 Å². The lowest BCUT2D eigenvalue weighted by atomic mass is 10.3. The Morgan fingerprint density at radius 1 is 1.44 bits per heavy atom. The molecule has 0 aromatic carbocycles. The van der Waals surface area contributed by atoms with Crippen LogP contribution in [-0.2, 0) is 11.3 Å². The van der Waals surface area contributed by atoms with Gasteiger partial charge in [-0.05, 0) is 25.6 Å². The highest BCUT2D eigenvalue weighted by molar-refractivity contribution is 5.75. The van der Waals surface area contributed by atoms with Crippen molar-refractivity contribution in [3.05, 3.63) is 18.5 Å². The molecule has 0 spiro atoms. The van der Waals surface area contributed by atoms with Crippen LogP contribution >= 0.6 is 0 Å². The van der Waals surface area contributed by atoms with Crippen molar-refractivity contribution in [3.8, 4) is 0 Å². The third-order valence-corrected chi connectivity index (χ3v) is 2.23. The summed E-state index contributed by atoms with van der Waals surface area (Å²) in [5.41, 5.74) is 0. The molecule has 1 aromatic rings. The van der Waals surface area contributed by atoms with Crippen molar-refractivity contribution in [2.24, 2.45) is 0 Å². The molecule has 5 nitrogen and oxygen atoms in total. The van der Waals surface area contributed by atoms with E-state index in [0.29, 0.717) is 13.0 Å². The summed E-state index contributed by atoms with van der Waals surface area (Å²) in [6, 6.07) is 1.86. The second-order valence-electron chi connectivity index (χ2n) is 3.58. The molecule has 1 rings (SSSR count). The van der Waals surface area contributed by atoms with Gasteiger partial charge in [0.15, 0.2) is 0 Å². The predicted molar refractivity (Wildman–Crippen MR) is 63.0 cm³/mol. The summed E-state index contributed by atoms with van der Waals surface area (Å²) in [6.45, 7) is 5.39. The standard InChI is InChI=1S/C11H20N4O/c1-2-12-6-3-7-13-11(16)5-10-15-9-4-8-14-15/h4,8-9,12H,2-3,5-7,10H2,1H3,(H,13,16). The number of hydrogen-bond acceptors (Lipinski definition) is 3. The van der Waals surface area contributed by atoms with Gasteiger partial charge in [-0.25, -0.2) is 0 Å². The van der Waals surface area contributed by atoms with Crippen molar-refractivity contribution in [2.75, 3.05) is 19.6 Å². The Kier molecular flexibility index (Phi) is 6.25. The van der Waals surface area contributed by atoms with Crippen molar-refractivity contribution in [1.82, 2.24) is 20.4 Å². The summed E-state index contributed by atoms with van der Waals surface area (Å²) in [5.74, 6) is 0.0898. The van der Waals surface area contributed by atoms with Crippen LogP contribution in [0.15, 0.2) is 18.5 Å². The smallest absolute Gasteiger partial charge is 0.221 e. The van der Waals surface area contributed by atoms with E-state index in [1.54, 1.807) is 10.9 Å². The zero-order valence-corrected chi connectivity index (χ0v) is 9.78. The van der Waals surface area contributed by atoms with Gasteiger partial charge in [0.25, 0.3) is 0 Å². The highest BCUT2D eigenvalue weighted by atomic mass is 16.1. The van der Waals surface area contributed by atoms with Crippen LogP contribution < -0.4 is 10.6 Å². The van der Waals surface area contributed by atoms with Crippen LogP contribution in [0, 0.1) is 0 Å². The first-order valence-electron chi connectivity index (χ1n) is 5.77. The number of hydrogen-bond donors (Lipinski definition) is 2. The molecule has 0 aliphatic carbocycles. The monoisotopic (exact) mass is 224 g/mol. The molecule has 16 heavy (non-hydrogen) atoms. The van der Waals surface area contributed by atoms with Crippen LogP contribution in [0.3, 0.4) is 0 Å². The fraction of sp³-hybridized carbons (Fsp3) is 0.636. The number of aryl methyl sites for hydroxylation is 1. The minimum atomic E-state index is 0.0898. The molecule has 0 saturated carbocycles. The Bertz CT molecular complexity index is 284. The van der Waals surface area contributed by atoms with Gasteiger partial charge in [-0.3, -0.25) is 9.48 Å². The molecule has 0 unspecified atom stereocenters. The van der Waals surface area contributed by atoms with Crippen molar-refractivity contribution in [3.63, 3.8) is 0 Å². The summed E-state index contributed by atoms with van der Waals surface area (Å²) < 4.78 is 1.76. The molecular weight excluding hydrogens is 204 g/mol. The fourth-order valence-corrected chi connectivity index (χ4v) is 1.36. The van der Waals surface area contributed by atoms with Gasteiger partial charge >= 0.3 is 0 Å². The minimum absolute atomic E-state index is 0.0898. The van der Waals surface area contributed by atoms with Crippen molar-refractivity contribution in [1.29, 1.82) is 0 Å². The SMILES string of the molecule is CCNCCCNC(=O)CCn1cccn1. The lowest BCUT2D eigenvalue weighted by molar-refractivity contribution is -0.121. The van der Waals surface area contributed by atoms with Crippen LogP contribution in [0.2, 0.25) is 0 Å². The number of rotatable bonds is 8. The van der Waals surface area contributed by atoms with Crippen molar-refractivity contribution < 1.29 is 4.79 Å². The quantitative estimate of drug-likeness (QED) is 0.628. The van der Waals surface area contributed by atoms with Crippen LogP contribution in [0.5, 0.6) is 0 Å². The van der Waals surface area contributed by atoms with E-state index in [9.17, 15) is 4.79 Å². The number of carbonyl (C=O) groups is 1. The lowest BCUT2D eigenvalue weighted by Crippen LogP contribution is -2.28. The molecule has 0 aliphatic rings. The third-order valence-electron chi connectivity index (χ3n) is 2.23. The van der Waals surface area contributed by atoms with Crippen LogP contribution in [-0.4, -0.2) is 35.3 Å². The first-order valence-corrected chi connectivity index (χ1v) is 5.77. The van der Waals surface area contributed by atoms with E-state index in [1.807, 2.05) is 12.3 Å². The normalized spacial score (nSPS) is 10.3. The molecule has 5 heteroatoms. The molecule has 0 fully saturated rings. The second kappa shape index (κ2) is 7.87. The van der Waals surface area contributed by atoms with Crippen molar-refractivity contribution in [2.45, 2.75) is 26.3 Å². The van der Waals surface area contributed by atoms with Gasteiger partial charge < -0.3 is 10.6 Å². The average molecular weight is 224 g/mol. The van der Waals surface area contributed by atoms with Gasteiger partial charge in [-0.2, -0.15) is 5.10 Å². The molecule has 0 bridgehead atoms. The van der Waals surface area contributed by atoms with Crippen molar-refractivity contribution >= 4 is 5.91 Å². The Balaban J connectivity index is 1.99. The highest BCUT2D eigenvalue weighted by Crippen LogP contribution is 1.89. The Hall–Kier alpha value is -1.36. The van der Waals surface area contributed by atoms with Crippen LogP contribution in [0.25, 0.3) is 0 Å². The van der Waals surface area contributed by atoms with Gasteiger partial charge in [0.2, 0.25) is 5.91 Å². The summed E-state index contributed by atoms with van der Waals surface area (Å²) in [6.07, 6.45) is 5.04. The molecule has 2 N–H and O–H groups in total. The Morgan fingerprint density at radius 2 is 2.31 bits per heavy atom. The molecule has 0 radical (unpaired) electrons. The molecule has 0 aliphatic heterocycles. The van der Waals surface area contributed by atoms with E-state index >= 15 is 0 Å². The van der Waals surface area contributed by atoms with Crippen LogP contribution in [0.4, 0.5) is 0 Å². The molecule has 1 heterocycles. The fourth-order valence-electron chi connectivity index (χ4n) is 1.36. The number of nitrogens with zero attached hydrogens (tertiary/aromatic N) is 2. The summed E-state index contributed by atoms with van der Waals surface area (Å²) >= 11 is 0. The maximum absolute atomic E-state index is 11.4. The maximum atomic E-state index is 11.4. The predicted octanol–water partition coefficient (Wildman–Crippen LogP) is 0.389. The van der Waals surface area contributed by atoms with Crippen LogP contribution in [0.1, 0.15) is 19.8 Å². The Labute approximate surface area is 96.2 Å². The van der Waals surface area contributed by atoms with E-state index < -0.39 is 0 Å². The van der Waals surface area contributed by atoms with Gasteiger partial charge in [0.1, 0.15) is 0 Å². The molecular formula is C11H20N4O. The lowest BCUT2D eigenvalue weighted by Gasteiger charge is -2.05. The molecule has 90 valence electrons. The van der Waals surface area contributed by atoms with Gasteiger partial charge in [-0.15, -0.1) is 0 Å². The van der Waals surface area contributed by atoms with Gasteiger partial charge in [0.05, 0.1) is 0 Å². The first kappa shape index (κ1) is 12.7. The maximum Gasteiger partial charge on any atom is 0.221 e.